The summed E-state index contributed by atoms with van der Waals surface area (Å²) in [6, 6.07) is 0. The minimum atomic E-state index is -3.84. The normalized spacial score (nSPS) is 13.8. The molecule has 0 heterocycles. The van der Waals surface area contributed by atoms with Crippen molar-refractivity contribution in [2.24, 2.45) is 0 Å². The maximum absolute atomic E-state index is 10.7. The first-order valence-electron chi connectivity index (χ1n) is 10.2. The fraction of sp³-hybridized carbons (Fsp3) is 1.00. The molecule has 0 aliphatic rings. The summed E-state index contributed by atoms with van der Waals surface area (Å²) in [6.07, 6.45) is 7.16. The average Bonchev–Trinajstić information content (AvgIpc) is 2.50. The molecule has 0 bridgehead atoms. The lowest BCUT2D eigenvalue weighted by atomic mass is 10.1. The van der Waals surface area contributed by atoms with Crippen LogP contribution in [0.2, 0.25) is 0 Å². The number of nitrogens with zero attached hydrogens (tertiary/aromatic N) is 2. The predicted octanol–water partition coefficient (Wildman–Crippen LogP) is 2.04. The molecular formula is C18H42N2O6S2+2. The average molecular weight is 447 g/mol. The molecule has 0 aromatic heterocycles. The van der Waals surface area contributed by atoms with Crippen LogP contribution in [0.5, 0.6) is 0 Å². The van der Waals surface area contributed by atoms with Gasteiger partial charge < -0.3 is 8.97 Å². The zero-order valence-electron chi connectivity index (χ0n) is 18.1. The molecule has 0 saturated heterocycles. The minimum absolute atomic E-state index is 0.156. The van der Waals surface area contributed by atoms with Crippen LogP contribution in [-0.4, -0.2) is 101 Å². The summed E-state index contributed by atoms with van der Waals surface area (Å²) in [5.74, 6) is -0.312. The maximum atomic E-state index is 10.7. The Balaban J connectivity index is 3.79. The Morgan fingerprint density at radius 1 is 0.500 bits per heavy atom. The molecule has 28 heavy (non-hydrogen) atoms. The lowest BCUT2D eigenvalue weighted by Crippen LogP contribution is -2.41. The van der Waals surface area contributed by atoms with Gasteiger partial charge >= 0.3 is 0 Å². The van der Waals surface area contributed by atoms with E-state index in [4.69, 9.17) is 9.11 Å². The molecule has 0 rings (SSSR count). The SMILES string of the molecule is C[N+](C)(CCCCCC[N+](C)(C)CCCCS(=O)(=O)O)CCCCS(=O)(=O)O. The topological polar surface area (TPSA) is 109 Å². The van der Waals surface area contributed by atoms with E-state index in [0.717, 1.165) is 73.7 Å². The van der Waals surface area contributed by atoms with Gasteiger partial charge in [-0.3, -0.25) is 9.11 Å². The summed E-state index contributed by atoms with van der Waals surface area (Å²) in [4.78, 5) is 0. The van der Waals surface area contributed by atoms with Crippen molar-refractivity contribution in [3.8, 4) is 0 Å². The van der Waals surface area contributed by atoms with E-state index in [-0.39, 0.29) is 11.5 Å². The molecule has 170 valence electrons. The second-order valence-electron chi connectivity index (χ2n) is 9.17. The van der Waals surface area contributed by atoms with Gasteiger partial charge in [-0.05, 0) is 51.4 Å². The van der Waals surface area contributed by atoms with Gasteiger partial charge in [0, 0.05) is 0 Å². The first kappa shape index (κ1) is 27.7. The molecule has 0 saturated carbocycles. The highest BCUT2D eigenvalue weighted by Crippen LogP contribution is 2.11. The molecule has 0 spiro atoms. The standard InChI is InChI=1S/C18H40N2O6S2/c1-19(2,15-9-11-17-27(21,22)23)13-7-5-6-8-14-20(3,4)16-10-12-18-28(24,25)26/h5-18H2,1-4H3/p+2. The van der Waals surface area contributed by atoms with E-state index in [1.807, 2.05) is 0 Å². The van der Waals surface area contributed by atoms with Gasteiger partial charge in [0.2, 0.25) is 0 Å². The third-order valence-corrected chi connectivity index (χ3v) is 6.72. The van der Waals surface area contributed by atoms with Crippen molar-refractivity contribution in [3.63, 3.8) is 0 Å². The third-order valence-electron chi connectivity index (χ3n) is 5.11. The first-order valence-corrected chi connectivity index (χ1v) is 13.4. The molecular weight excluding hydrogens is 404 g/mol. The zero-order chi connectivity index (χ0) is 21.9. The van der Waals surface area contributed by atoms with Gasteiger partial charge in [-0.2, -0.15) is 16.8 Å². The summed E-state index contributed by atoms with van der Waals surface area (Å²) in [6.45, 7) is 3.92. The van der Waals surface area contributed by atoms with E-state index in [9.17, 15) is 16.8 Å². The number of hydrogen-bond donors (Lipinski definition) is 2. The van der Waals surface area contributed by atoms with Gasteiger partial charge in [0.05, 0.1) is 65.9 Å². The van der Waals surface area contributed by atoms with Gasteiger partial charge in [0.25, 0.3) is 20.2 Å². The molecule has 2 N–H and O–H groups in total. The fourth-order valence-corrected chi connectivity index (χ4v) is 4.44. The van der Waals surface area contributed by atoms with Crippen LogP contribution in [-0.2, 0) is 20.2 Å². The molecule has 0 unspecified atom stereocenters. The third kappa shape index (κ3) is 19.1. The van der Waals surface area contributed by atoms with Crippen molar-refractivity contribution >= 4 is 20.2 Å². The minimum Gasteiger partial charge on any atom is -0.328 e. The highest BCUT2D eigenvalue weighted by atomic mass is 32.2. The molecule has 10 heteroatoms. The molecule has 0 aromatic carbocycles. The van der Waals surface area contributed by atoms with Gasteiger partial charge in [0.1, 0.15) is 0 Å². The van der Waals surface area contributed by atoms with Crippen molar-refractivity contribution in [3.05, 3.63) is 0 Å². The monoisotopic (exact) mass is 446 g/mol. The van der Waals surface area contributed by atoms with Crippen LogP contribution in [0.3, 0.4) is 0 Å². The molecule has 0 aliphatic heterocycles. The van der Waals surface area contributed by atoms with E-state index in [2.05, 4.69) is 28.2 Å². The number of unbranched alkanes of at least 4 members (excludes halogenated alkanes) is 5. The molecule has 0 aromatic rings. The van der Waals surface area contributed by atoms with Crippen molar-refractivity contribution in [1.82, 2.24) is 0 Å². The van der Waals surface area contributed by atoms with E-state index < -0.39 is 20.2 Å². The lowest BCUT2D eigenvalue weighted by molar-refractivity contribution is -0.891. The van der Waals surface area contributed by atoms with Crippen molar-refractivity contribution < 1.29 is 34.9 Å². The number of hydrogen-bond acceptors (Lipinski definition) is 4. The van der Waals surface area contributed by atoms with Crippen molar-refractivity contribution in [2.45, 2.75) is 51.4 Å². The first-order chi connectivity index (χ1) is 12.6. The summed E-state index contributed by atoms with van der Waals surface area (Å²) in [5, 5.41) is 0. The van der Waals surface area contributed by atoms with Gasteiger partial charge in [-0.25, -0.2) is 0 Å². The quantitative estimate of drug-likeness (QED) is 0.201. The summed E-state index contributed by atoms with van der Waals surface area (Å²) in [7, 11) is 0.928. The van der Waals surface area contributed by atoms with Crippen LogP contribution in [0, 0.1) is 0 Å². The van der Waals surface area contributed by atoms with Gasteiger partial charge in [-0.1, -0.05) is 0 Å². The van der Waals surface area contributed by atoms with Gasteiger partial charge in [0.15, 0.2) is 0 Å². The lowest BCUT2D eigenvalue weighted by Gasteiger charge is -2.31. The molecule has 8 nitrogen and oxygen atoms in total. The number of rotatable bonds is 17. The molecule has 0 atom stereocenters. The Kier molecular flexibility index (Phi) is 12.3. The molecule has 0 radical (unpaired) electrons. The Bertz CT molecular complexity index is 574. The van der Waals surface area contributed by atoms with Crippen LogP contribution >= 0.6 is 0 Å². The Hall–Kier alpha value is -0.260. The summed E-state index contributed by atoms with van der Waals surface area (Å²) >= 11 is 0. The zero-order valence-corrected chi connectivity index (χ0v) is 19.8. The van der Waals surface area contributed by atoms with Crippen LogP contribution in [0.4, 0.5) is 0 Å². The van der Waals surface area contributed by atoms with Crippen LogP contribution in [0.1, 0.15) is 51.4 Å². The largest absolute Gasteiger partial charge is 0.328 e. The fourth-order valence-electron chi connectivity index (χ4n) is 3.31. The highest BCUT2D eigenvalue weighted by molar-refractivity contribution is 7.86. The van der Waals surface area contributed by atoms with E-state index in [1.54, 1.807) is 0 Å². The summed E-state index contributed by atoms with van der Waals surface area (Å²) < 4.78 is 62.1. The maximum Gasteiger partial charge on any atom is 0.264 e. The highest BCUT2D eigenvalue weighted by Gasteiger charge is 2.17. The van der Waals surface area contributed by atoms with E-state index in [1.165, 1.54) is 0 Å². The Morgan fingerprint density at radius 2 is 0.750 bits per heavy atom. The second kappa shape index (κ2) is 12.4. The molecule has 0 fully saturated rings. The van der Waals surface area contributed by atoms with Crippen LogP contribution in [0.25, 0.3) is 0 Å². The van der Waals surface area contributed by atoms with E-state index >= 15 is 0 Å². The smallest absolute Gasteiger partial charge is 0.264 e. The van der Waals surface area contributed by atoms with Crippen molar-refractivity contribution in [1.29, 1.82) is 0 Å². The Morgan fingerprint density at radius 3 is 1.00 bits per heavy atom. The molecule has 0 aliphatic carbocycles. The van der Waals surface area contributed by atoms with Crippen LogP contribution < -0.4 is 0 Å². The van der Waals surface area contributed by atoms with Gasteiger partial charge in [-0.15, -0.1) is 0 Å². The summed E-state index contributed by atoms with van der Waals surface area (Å²) in [5.41, 5.74) is 0. The predicted molar refractivity (Wildman–Crippen MR) is 113 cm³/mol. The van der Waals surface area contributed by atoms with Crippen molar-refractivity contribution in [2.75, 3.05) is 65.9 Å². The van der Waals surface area contributed by atoms with E-state index in [0.29, 0.717) is 12.8 Å². The molecule has 0 amide bonds. The number of quaternary nitrogens is 2. The second-order valence-corrected chi connectivity index (χ2v) is 12.3. The Labute approximate surface area is 172 Å². The van der Waals surface area contributed by atoms with Crippen LogP contribution in [0.15, 0.2) is 0 Å².